The summed E-state index contributed by atoms with van der Waals surface area (Å²) in [5, 5.41) is 4.35. The van der Waals surface area contributed by atoms with Gasteiger partial charge < -0.3 is 5.73 Å². The van der Waals surface area contributed by atoms with Crippen LogP contribution >= 0.6 is 0 Å². The third-order valence-corrected chi connectivity index (χ3v) is 3.03. The van der Waals surface area contributed by atoms with E-state index in [0.29, 0.717) is 13.0 Å². The van der Waals surface area contributed by atoms with Gasteiger partial charge in [0.2, 0.25) is 0 Å². The van der Waals surface area contributed by atoms with Crippen molar-refractivity contribution < 1.29 is 4.79 Å². The van der Waals surface area contributed by atoms with E-state index in [2.05, 4.69) is 5.10 Å². The molecule has 1 rings (SSSR count). The highest BCUT2D eigenvalue weighted by atomic mass is 16.1. The molecule has 1 aromatic rings. The van der Waals surface area contributed by atoms with Gasteiger partial charge >= 0.3 is 0 Å². The number of nitrogens with two attached hydrogens (primary N) is 1. The summed E-state index contributed by atoms with van der Waals surface area (Å²) in [5.41, 5.74) is 7.45. The minimum atomic E-state index is 0.0964. The Hall–Kier alpha value is -1.16. The van der Waals surface area contributed by atoms with Gasteiger partial charge in [0, 0.05) is 24.6 Å². The molecule has 1 atom stereocenters. The van der Waals surface area contributed by atoms with Gasteiger partial charge in [-0.05, 0) is 39.3 Å². The lowest BCUT2D eigenvalue weighted by molar-refractivity contribution is -0.122. The van der Waals surface area contributed by atoms with Crippen molar-refractivity contribution in [3.63, 3.8) is 0 Å². The Kier molecular flexibility index (Phi) is 5.35. The quantitative estimate of drug-likeness (QED) is 0.785. The zero-order valence-corrected chi connectivity index (χ0v) is 11.1. The fourth-order valence-electron chi connectivity index (χ4n) is 1.95. The number of rotatable bonds is 7. The first kappa shape index (κ1) is 13.9. The highest BCUT2D eigenvalue weighted by Gasteiger charge is 2.15. The lowest BCUT2D eigenvalue weighted by atomic mass is 9.97. The van der Waals surface area contributed by atoms with Crippen LogP contribution in [0.4, 0.5) is 0 Å². The molecular weight excluding hydrogens is 214 g/mol. The van der Waals surface area contributed by atoms with Crippen molar-refractivity contribution in [3.05, 3.63) is 17.5 Å². The third-order valence-electron chi connectivity index (χ3n) is 3.03. The maximum atomic E-state index is 12.0. The highest BCUT2D eigenvalue weighted by molar-refractivity contribution is 5.82. The molecular formula is C13H23N3O. The van der Waals surface area contributed by atoms with Crippen molar-refractivity contribution in [2.75, 3.05) is 6.54 Å². The monoisotopic (exact) mass is 237 g/mol. The lowest BCUT2D eigenvalue weighted by Crippen LogP contribution is -2.17. The predicted octanol–water partition coefficient (Wildman–Crippen LogP) is 1.70. The second-order valence-electron chi connectivity index (χ2n) is 4.57. The Morgan fingerprint density at radius 3 is 2.88 bits per heavy atom. The van der Waals surface area contributed by atoms with Crippen LogP contribution in [0.2, 0.25) is 0 Å². The topological polar surface area (TPSA) is 60.9 Å². The molecule has 0 amide bonds. The van der Waals surface area contributed by atoms with Gasteiger partial charge in [-0.25, -0.2) is 0 Å². The summed E-state index contributed by atoms with van der Waals surface area (Å²) >= 11 is 0. The Bertz CT molecular complexity index is 371. The van der Waals surface area contributed by atoms with Crippen LogP contribution in [0.15, 0.2) is 6.07 Å². The number of aryl methyl sites for hydroxylation is 2. The van der Waals surface area contributed by atoms with Gasteiger partial charge in [0.25, 0.3) is 0 Å². The SMILES string of the molecule is CCn1nc(C)cc1CC(=O)C(C)CCCN. The van der Waals surface area contributed by atoms with Crippen molar-refractivity contribution in [2.45, 2.75) is 46.6 Å². The molecule has 4 nitrogen and oxygen atoms in total. The van der Waals surface area contributed by atoms with E-state index in [9.17, 15) is 4.79 Å². The summed E-state index contributed by atoms with van der Waals surface area (Å²) in [6.07, 6.45) is 2.29. The Morgan fingerprint density at radius 2 is 2.29 bits per heavy atom. The zero-order valence-electron chi connectivity index (χ0n) is 11.1. The second-order valence-corrected chi connectivity index (χ2v) is 4.57. The van der Waals surface area contributed by atoms with Gasteiger partial charge in [-0.3, -0.25) is 9.48 Å². The molecule has 0 aliphatic heterocycles. The number of nitrogens with zero attached hydrogens (tertiary/aromatic N) is 2. The van der Waals surface area contributed by atoms with Crippen LogP contribution in [0, 0.1) is 12.8 Å². The number of hydrogen-bond acceptors (Lipinski definition) is 3. The summed E-state index contributed by atoms with van der Waals surface area (Å²) in [7, 11) is 0. The van der Waals surface area contributed by atoms with Crippen molar-refractivity contribution in [3.8, 4) is 0 Å². The highest BCUT2D eigenvalue weighted by Crippen LogP contribution is 2.12. The molecule has 0 aliphatic rings. The number of Topliss-reactive ketones (excluding diaryl/α,β-unsaturated/α-hetero) is 1. The van der Waals surface area contributed by atoms with Crippen LogP contribution in [0.3, 0.4) is 0 Å². The van der Waals surface area contributed by atoms with Gasteiger partial charge in [0.15, 0.2) is 0 Å². The molecule has 1 heterocycles. The molecule has 17 heavy (non-hydrogen) atoms. The van der Waals surface area contributed by atoms with Crippen LogP contribution in [-0.4, -0.2) is 22.1 Å². The minimum absolute atomic E-state index is 0.0964. The number of ketones is 1. The molecule has 0 saturated heterocycles. The standard InChI is InChI=1S/C13H23N3O/c1-4-16-12(8-11(3)15-16)9-13(17)10(2)6-5-7-14/h8,10H,4-7,9,14H2,1-3H3. The van der Waals surface area contributed by atoms with Crippen molar-refractivity contribution in [2.24, 2.45) is 11.7 Å². The molecule has 0 fully saturated rings. The van der Waals surface area contributed by atoms with Crippen LogP contribution in [-0.2, 0) is 17.8 Å². The van der Waals surface area contributed by atoms with Crippen molar-refractivity contribution in [1.29, 1.82) is 0 Å². The smallest absolute Gasteiger partial charge is 0.141 e. The van der Waals surface area contributed by atoms with E-state index in [1.165, 1.54) is 0 Å². The van der Waals surface area contributed by atoms with Crippen molar-refractivity contribution >= 4 is 5.78 Å². The van der Waals surface area contributed by atoms with E-state index in [4.69, 9.17) is 5.73 Å². The molecule has 0 spiro atoms. The lowest BCUT2D eigenvalue weighted by Gasteiger charge is -2.10. The fraction of sp³-hybridized carbons (Fsp3) is 0.692. The maximum absolute atomic E-state index is 12.0. The van der Waals surface area contributed by atoms with Gasteiger partial charge in [-0.15, -0.1) is 0 Å². The van der Waals surface area contributed by atoms with Gasteiger partial charge in [0.1, 0.15) is 5.78 Å². The maximum Gasteiger partial charge on any atom is 0.141 e. The molecule has 96 valence electrons. The average Bonchev–Trinajstić information content (AvgIpc) is 2.66. The van der Waals surface area contributed by atoms with Crippen molar-refractivity contribution in [1.82, 2.24) is 9.78 Å². The minimum Gasteiger partial charge on any atom is -0.330 e. The number of aromatic nitrogens is 2. The van der Waals surface area contributed by atoms with Gasteiger partial charge in [-0.2, -0.15) is 5.10 Å². The first-order valence-electron chi connectivity index (χ1n) is 6.34. The van der Waals surface area contributed by atoms with E-state index in [1.807, 2.05) is 31.5 Å². The molecule has 0 saturated carbocycles. The number of carbonyl (C=O) groups is 1. The second kappa shape index (κ2) is 6.55. The third kappa shape index (κ3) is 3.97. The summed E-state index contributed by atoms with van der Waals surface area (Å²) in [6, 6.07) is 2.00. The normalized spacial score (nSPS) is 12.7. The molecule has 0 radical (unpaired) electrons. The average molecular weight is 237 g/mol. The van der Waals surface area contributed by atoms with E-state index in [-0.39, 0.29) is 11.7 Å². The first-order valence-corrected chi connectivity index (χ1v) is 6.34. The van der Waals surface area contributed by atoms with Crippen LogP contribution in [0.1, 0.15) is 38.1 Å². The summed E-state index contributed by atoms with van der Waals surface area (Å²) in [6.45, 7) is 7.45. The van der Waals surface area contributed by atoms with E-state index in [0.717, 1.165) is 30.8 Å². The molecule has 4 heteroatoms. The van der Waals surface area contributed by atoms with E-state index >= 15 is 0 Å². The molecule has 0 aromatic carbocycles. The summed E-state index contributed by atoms with van der Waals surface area (Å²) in [4.78, 5) is 12.0. The first-order chi connectivity index (χ1) is 8.08. The number of hydrogen-bond donors (Lipinski definition) is 1. The molecule has 0 aliphatic carbocycles. The van der Waals surface area contributed by atoms with Crippen LogP contribution in [0.5, 0.6) is 0 Å². The largest absolute Gasteiger partial charge is 0.330 e. The molecule has 0 bridgehead atoms. The fourth-order valence-corrected chi connectivity index (χ4v) is 1.95. The summed E-state index contributed by atoms with van der Waals surface area (Å²) in [5.74, 6) is 0.382. The van der Waals surface area contributed by atoms with E-state index < -0.39 is 0 Å². The van der Waals surface area contributed by atoms with Gasteiger partial charge in [0.05, 0.1) is 5.69 Å². The molecule has 1 aromatic heterocycles. The van der Waals surface area contributed by atoms with E-state index in [1.54, 1.807) is 0 Å². The Labute approximate surface area is 103 Å². The van der Waals surface area contributed by atoms with Gasteiger partial charge in [-0.1, -0.05) is 6.92 Å². The van der Waals surface area contributed by atoms with Crippen LogP contribution < -0.4 is 5.73 Å². The van der Waals surface area contributed by atoms with Crippen LogP contribution in [0.25, 0.3) is 0 Å². The Morgan fingerprint density at radius 1 is 1.59 bits per heavy atom. The zero-order chi connectivity index (χ0) is 12.8. The Balaban J connectivity index is 2.60. The number of carbonyl (C=O) groups excluding carboxylic acids is 1. The molecule has 2 N–H and O–H groups in total. The summed E-state index contributed by atoms with van der Waals surface area (Å²) < 4.78 is 1.91. The molecule has 1 unspecified atom stereocenters. The predicted molar refractivity (Wildman–Crippen MR) is 68.8 cm³/mol.